The first-order valence-corrected chi connectivity index (χ1v) is 9.40. The summed E-state index contributed by atoms with van der Waals surface area (Å²) in [5.74, 6) is 0.520. The van der Waals surface area contributed by atoms with E-state index in [1.165, 1.54) is 0 Å². The zero-order chi connectivity index (χ0) is 20.4. The molecule has 29 heavy (non-hydrogen) atoms. The lowest BCUT2D eigenvalue weighted by molar-refractivity contribution is 0.102. The van der Waals surface area contributed by atoms with Crippen LogP contribution < -0.4 is 10.6 Å². The van der Waals surface area contributed by atoms with Crippen molar-refractivity contribution >= 4 is 28.6 Å². The molecule has 1 atom stereocenters. The molecule has 0 bridgehead atoms. The van der Waals surface area contributed by atoms with Crippen LogP contribution in [-0.2, 0) is 0 Å². The summed E-state index contributed by atoms with van der Waals surface area (Å²) in [4.78, 5) is 28.7. The molecule has 0 saturated carbocycles. The average molecular weight is 386 g/mol. The number of pyridine rings is 1. The van der Waals surface area contributed by atoms with Crippen molar-refractivity contribution in [3.05, 3.63) is 77.4 Å². The van der Waals surface area contributed by atoms with Crippen molar-refractivity contribution < 1.29 is 4.79 Å². The second-order valence-electron chi connectivity index (χ2n) is 7.12. The van der Waals surface area contributed by atoms with Crippen LogP contribution in [0.15, 0.2) is 55.1 Å². The Balaban J connectivity index is 1.49. The summed E-state index contributed by atoms with van der Waals surface area (Å²) >= 11 is 0. The normalized spacial score (nSPS) is 12.0. The van der Waals surface area contributed by atoms with Gasteiger partial charge in [0.2, 0.25) is 0 Å². The Bertz CT molecular complexity index is 1180. The number of hydrogen-bond acceptors (Lipinski definition) is 5. The van der Waals surface area contributed by atoms with Gasteiger partial charge in [0.15, 0.2) is 5.65 Å². The molecule has 3 N–H and O–H groups in total. The molecule has 0 aliphatic rings. The van der Waals surface area contributed by atoms with Crippen LogP contribution in [0.1, 0.15) is 40.0 Å². The third kappa shape index (κ3) is 4.08. The predicted molar refractivity (Wildman–Crippen MR) is 114 cm³/mol. The molecule has 0 unspecified atom stereocenters. The van der Waals surface area contributed by atoms with E-state index >= 15 is 0 Å². The highest BCUT2D eigenvalue weighted by Gasteiger charge is 2.11. The van der Waals surface area contributed by atoms with Crippen molar-refractivity contribution in [3.63, 3.8) is 0 Å². The molecule has 0 aliphatic carbocycles. The smallest absolute Gasteiger partial charge is 0.257 e. The lowest BCUT2D eigenvalue weighted by atomic mass is 10.1. The van der Waals surface area contributed by atoms with Crippen LogP contribution in [0.4, 0.5) is 11.5 Å². The van der Waals surface area contributed by atoms with Crippen LogP contribution in [0.2, 0.25) is 0 Å². The van der Waals surface area contributed by atoms with Gasteiger partial charge in [-0.15, -0.1) is 0 Å². The molecule has 0 radical (unpaired) electrons. The monoisotopic (exact) mass is 386 g/mol. The minimum atomic E-state index is -0.182. The lowest BCUT2D eigenvalue weighted by Gasteiger charge is -2.16. The molecule has 1 amide bonds. The van der Waals surface area contributed by atoms with E-state index in [9.17, 15) is 4.79 Å². The summed E-state index contributed by atoms with van der Waals surface area (Å²) in [6.45, 7) is 5.95. The van der Waals surface area contributed by atoms with Gasteiger partial charge < -0.3 is 15.6 Å². The summed E-state index contributed by atoms with van der Waals surface area (Å²) in [5, 5.41) is 6.31. The van der Waals surface area contributed by atoms with E-state index in [1.54, 1.807) is 18.6 Å². The minimum Gasteiger partial charge on any atom is -0.362 e. The molecule has 7 nitrogen and oxygen atoms in total. The largest absolute Gasteiger partial charge is 0.362 e. The van der Waals surface area contributed by atoms with Gasteiger partial charge in [-0.3, -0.25) is 9.78 Å². The van der Waals surface area contributed by atoms with Gasteiger partial charge >= 0.3 is 0 Å². The highest BCUT2D eigenvalue weighted by molar-refractivity contribution is 6.04. The number of aromatic nitrogens is 4. The zero-order valence-corrected chi connectivity index (χ0v) is 16.5. The molecule has 7 heteroatoms. The van der Waals surface area contributed by atoms with E-state index in [2.05, 4.69) is 30.6 Å². The molecule has 0 fully saturated rings. The standard InChI is InChI=1S/C22H22N6O/c1-13-7-17(11-23-9-13)22(29)27-18-6-4-5-16(8-18)15(3)26-19-12-25-21-20(28-19)14(2)10-24-21/h4-12,15H,1-3H3,(H,24,25)(H,26,28)(H,27,29)/t15-/m0/s1. The summed E-state index contributed by atoms with van der Waals surface area (Å²) in [6, 6.07) is 9.54. The number of anilines is 2. The van der Waals surface area contributed by atoms with Crippen LogP contribution in [0, 0.1) is 13.8 Å². The summed E-state index contributed by atoms with van der Waals surface area (Å²) < 4.78 is 0. The van der Waals surface area contributed by atoms with Crippen LogP contribution >= 0.6 is 0 Å². The number of aromatic amines is 1. The number of carbonyl (C=O) groups is 1. The molecule has 0 aliphatic heterocycles. The second-order valence-corrected chi connectivity index (χ2v) is 7.12. The first-order chi connectivity index (χ1) is 14.0. The third-order valence-corrected chi connectivity index (χ3v) is 4.72. The fraction of sp³-hybridized carbons (Fsp3) is 0.182. The number of amides is 1. The first kappa shape index (κ1) is 18.6. The number of benzene rings is 1. The van der Waals surface area contributed by atoms with E-state index < -0.39 is 0 Å². The Labute approximate surface area is 168 Å². The van der Waals surface area contributed by atoms with E-state index in [-0.39, 0.29) is 11.9 Å². The highest BCUT2D eigenvalue weighted by Crippen LogP contribution is 2.23. The maximum absolute atomic E-state index is 12.5. The SMILES string of the molecule is Cc1cncc(C(=O)Nc2cccc([C@H](C)Nc3cnc4[nH]cc(C)c4n3)c2)c1. The Kier molecular flexibility index (Phi) is 4.95. The molecular formula is C22H22N6O. The van der Waals surface area contributed by atoms with Crippen molar-refractivity contribution in [3.8, 4) is 0 Å². The molecule has 3 heterocycles. The maximum atomic E-state index is 12.5. The number of fused-ring (bicyclic) bond motifs is 1. The summed E-state index contributed by atoms with van der Waals surface area (Å²) in [7, 11) is 0. The average Bonchev–Trinajstić information content (AvgIpc) is 3.08. The zero-order valence-electron chi connectivity index (χ0n) is 16.5. The molecule has 4 aromatic rings. The fourth-order valence-electron chi connectivity index (χ4n) is 3.16. The third-order valence-electron chi connectivity index (χ3n) is 4.72. The van der Waals surface area contributed by atoms with Crippen LogP contribution in [0.25, 0.3) is 11.2 Å². The predicted octanol–water partition coefficient (Wildman–Crippen LogP) is 4.40. The van der Waals surface area contributed by atoms with Gasteiger partial charge in [-0.1, -0.05) is 12.1 Å². The number of aryl methyl sites for hydroxylation is 2. The summed E-state index contributed by atoms with van der Waals surface area (Å²) in [5.41, 5.74) is 5.92. The number of rotatable bonds is 5. The van der Waals surface area contributed by atoms with Gasteiger partial charge in [0, 0.05) is 24.3 Å². The molecule has 0 spiro atoms. The number of nitrogens with zero attached hydrogens (tertiary/aromatic N) is 3. The maximum Gasteiger partial charge on any atom is 0.257 e. The van der Waals surface area contributed by atoms with Gasteiger partial charge in [0.05, 0.1) is 17.8 Å². The number of H-pyrrole nitrogens is 1. The van der Waals surface area contributed by atoms with Crippen LogP contribution in [-0.4, -0.2) is 25.8 Å². The molecular weight excluding hydrogens is 364 g/mol. The number of hydrogen-bond donors (Lipinski definition) is 3. The van der Waals surface area contributed by atoms with Crippen molar-refractivity contribution in [2.75, 3.05) is 10.6 Å². The lowest BCUT2D eigenvalue weighted by Crippen LogP contribution is -2.13. The first-order valence-electron chi connectivity index (χ1n) is 9.40. The van der Waals surface area contributed by atoms with E-state index in [1.807, 2.05) is 57.3 Å². The molecule has 3 aromatic heterocycles. The van der Waals surface area contributed by atoms with E-state index in [0.717, 1.165) is 33.5 Å². The Morgan fingerprint density at radius 1 is 1.14 bits per heavy atom. The molecule has 146 valence electrons. The number of nitrogens with one attached hydrogen (secondary N) is 3. The van der Waals surface area contributed by atoms with Gasteiger partial charge in [-0.25, -0.2) is 9.97 Å². The molecule has 1 aromatic carbocycles. The van der Waals surface area contributed by atoms with Crippen LogP contribution in [0.3, 0.4) is 0 Å². The minimum absolute atomic E-state index is 0.0153. The van der Waals surface area contributed by atoms with Gasteiger partial charge in [-0.2, -0.15) is 0 Å². The van der Waals surface area contributed by atoms with E-state index in [4.69, 9.17) is 0 Å². The van der Waals surface area contributed by atoms with E-state index in [0.29, 0.717) is 11.4 Å². The van der Waals surface area contributed by atoms with Crippen LogP contribution in [0.5, 0.6) is 0 Å². The quantitative estimate of drug-likeness (QED) is 0.473. The topological polar surface area (TPSA) is 95.6 Å². The Morgan fingerprint density at radius 3 is 2.83 bits per heavy atom. The molecule has 0 saturated heterocycles. The fourth-order valence-corrected chi connectivity index (χ4v) is 3.16. The Hall–Kier alpha value is -3.74. The summed E-state index contributed by atoms with van der Waals surface area (Å²) in [6.07, 6.45) is 6.90. The van der Waals surface area contributed by atoms with Crippen molar-refractivity contribution in [1.29, 1.82) is 0 Å². The van der Waals surface area contributed by atoms with Crippen molar-refractivity contribution in [2.24, 2.45) is 0 Å². The van der Waals surface area contributed by atoms with Crippen molar-refractivity contribution in [1.82, 2.24) is 19.9 Å². The van der Waals surface area contributed by atoms with Gasteiger partial charge in [0.25, 0.3) is 5.91 Å². The molecule has 4 rings (SSSR count). The second kappa shape index (κ2) is 7.71. The number of carbonyl (C=O) groups excluding carboxylic acids is 1. The van der Waals surface area contributed by atoms with Gasteiger partial charge in [-0.05, 0) is 55.7 Å². The van der Waals surface area contributed by atoms with Crippen molar-refractivity contribution in [2.45, 2.75) is 26.8 Å². The highest BCUT2D eigenvalue weighted by atomic mass is 16.1. The van der Waals surface area contributed by atoms with Gasteiger partial charge in [0.1, 0.15) is 11.3 Å². The Morgan fingerprint density at radius 2 is 2.00 bits per heavy atom.